The molecule has 23 heavy (non-hydrogen) atoms. The second-order valence-corrected chi connectivity index (χ2v) is 6.60. The van der Waals surface area contributed by atoms with Crippen LogP contribution in [0.3, 0.4) is 0 Å². The van der Waals surface area contributed by atoms with Gasteiger partial charge in [0.15, 0.2) is 5.69 Å². The molecule has 4 nitrogen and oxygen atoms in total. The maximum absolute atomic E-state index is 12.5. The highest BCUT2D eigenvalue weighted by Crippen LogP contribution is 2.30. The third kappa shape index (κ3) is 3.03. The van der Waals surface area contributed by atoms with E-state index in [-0.39, 0.29) is 5.97 Å². The lowest BCUT2D eigenvalue weighted by Crippen LogP contribution is -2.11. The first-order valence-corrected chi connectivity index (χ1v) is 8.65. The van der Waals surface area contributed by atoms with Crippen molar-refractivity contribution < 1.29 is 9.53 Å². The monoisotopic (exact) mass is 310 g/mol. The van der Waals surface area contributed by atoms with Crippen molar-refractivity contribution in [2.45, 2.75) is 45.1 Å². The van der Waals surface area contributed by atoms with Crippen molar-refractivity contribution in [3.8, 4) is 11.4 Å². The van der Waals surface area contributed by atoms with E-state index in [0.29, 0.717) is 18.2 Å². The molecule has 0 bridgehead atoms. The largest absolute Gasteiger partial charge is 0.461 e. The summed E-state index contributed by atoms with van der Waals surface area (Å²) in [5.41, 5.74) is 2.66. The SMILES string of the molecule is O=C(OCC1CC1)c1nc(-c2ccccc2)n2c1CCCCC2. The molecule has 2 heterocycles. The van der Waals surface area contributed by atoms with Gasteiger partial charge in [-0.05, 0) is 38.0 Å². The number of esters is 1. The number of benzene rings is 1. The van der Waals surface area contributed by atoms with E-state index in [1.54, 1.807) is 0 Å². The van der Waals surface area contributed by atoms with Crippen molar-refractivity contribution in [3.05, 3.63) is 41.7 Å². The van der Waals surface area contributed by atoms with E-state index in [0.717, 1.165) is 42.9 Å². The van der Waals surface area contributed by atoms with Crippen LogP contribution in [0.2, 0.25) is 0 Å². The fourth-order valence-electron chi connectivity index (χ4n) is 3.24. The Morgan fingerprint density at radius 3 is 2.78 bits per heavy atom. The topological polar surface area (TPSA) is 44.1 Å². The Kier molecular flexibility index (Phi) is 3.90. The maximum Gasteiger partial charge on any atom is 0.358 e. The fraction of sp³-hybridized carbons (Fsp3) is 0.474. The molecule has 1 aliphatic heterocycles. The van der Waals surface area contributed by atoms with Crippen molar-refractivity contribution in [1.82, 2.24) is 9.55 Å². The number of carbonyl (C=O) groups is 1. The van der Waals surface area contributed by atoms with Gasteiger partial charge in [0, 0.05) is 12.1 Å². The van der Waals surface area contributed by atoms with Crippen LogP contribution in [0.5, 0.6) is 0 Å². The molecule has 2 aromatic rings. The molecule has 1 aromatic heterocycles. The van der Waals surface area contributed by atoms with Crippen LogP contribution in [0.1, 0.15) is 48.3 Å². The number of rotatable bonds is 4. The molecule has 1 saturated carbocycles. The van der Waals surface area contributed by atoms with E-state index in [2.05, 4.69) is 16.7 Å². The van der Waals surface area contributed by atoms with Gasteiger partial charge in [0.25, 0.3) is 0 Å². The summed E-state index contributed by atoms with van der Waals surface area (Å²) in [6.07, 6.45) is 6.73. The summed E-state index contributed by atoms with van der Waals surface area (Å²) in [7, 11) is 0. The first-order valence-electron chi connectivity index (χ1n) is 8.65. The minimum atomic E-state index is -0.246. The number of hydrogen-bond donors (Lipinski definition) is 0. The Morgan fingerprint density at radius 2 is 2.00 bits per heavy atom. The average Bonchev–Trinajstić information content (AvgIpc) is 3.38. The molecule has 2 aliphatic rings. The minimum absolute atomic E-state index is 0.246. The number of fused-ring (bicyclic) bond motifs is 1. The van der Waals surface area contributed by atoms with Crippen LogP contribution < -0.4 is 0 Å². The smallest absolute Gasteiger partial charge is 0.358 e. The van der Waals surface area contributed by atoms with Crippen molar-refractivity contribution >= 4 is 5.97 Å². The van der Waals surface area contributed by atoms with Gasteiger partial charge in [-0.2, -0.15) is 0 Å². The standard InChI is InChI=1S/C19H22N2O2/c22-19(23-13-14-10-11-14)17-16-9-5-2-6-12-21(16)18(20-17)15-7-3-1-4-8-15/h1,3-4,7-8,14H,2,5-6,9-13H2. The molecule has 0 radical (unpaired) electrons. The molecule has 4 rings (SSSR count). The van der Waals surface area contributed by atoms with Crippen molar-refractivity contribution in [3.63, 3.8) is 0 Å². The highest BCUT2D eigenvalue weighted by Gasteiger charge is 2.28. The summed E-state index contributed by atoms with van der Waals surface area (Å²) in [5, 5.41) is 0. The van der Waals surface area contributed by atoms with Crippen LogP contribution in [0.4, 0.5) is 0 Å². The number of imidazole rings is 1. The highest BCUT2D eigenvalue weighted by atomic mass is 16.5. The van der Waals surface area contributed by atoms with E-state index in [9.17, 15) is 4.79 Å². The maximum atomic E-state index is 12.5. The van der Waals surface area contributed by atoms with Gasteiger partial charge in [-0.1, -0.05) is 36.8 Å². The van der Waals surface area contributed by atoms with E-state index >= 15 is 0 Å². The summed E-state index contributed by atoms with van der Waals surface area (Å²) >= 11 is 0. The van der Waals surface area contributed by atoms with Gasteiger partial charge >= 0.3 is 5.97 Å². The fourth-order valence-corrected chi connectivity index (χ4v) is 3.24. The molecule has 0 amide bonds. The molecular formula is C19H22N2O2. The number of hydrogen-bond acceptors (Lipinski definition) is 3. The summed E-state index contributed by atoms with van der Waals surface area (Å²) in [5.74, 6) is 1.24. The first-order chi connectivity index (χ1) is 11.3. The summed E-state index contributed by atoms with van der Waals surface area (Å²) in [4.78, 5) is 17.2. The molecule has 0 atom stereocenters. The van der Waals surface area contributed by atoms with Crippen molar-refractivity contribution in [1.29, 1.82) is 0 Å². The van der Waals surface area contributed by atoms with Gasteiger partial charge in [-0.25, -0.2) is 9.78 Å². The molecule has 0 unspecified atom stereocenters. The number of aromatic nitrogens is 2. The Morgan fingerprint density at radius 1 is 1.17 bits per heavy atom. The number of carbonyl (C=O) groups excluding carboxylic acids is 1. The zero-order chi connectivity index (χ0) is 15.6. The minimum Gasteiger partial charge on any atom is -0.461 e. The normalized spacial score (nSPS) is 17.4. The Bertz CT molecular complexity index is 702. The Balaban J connectivity index is 1.70. The van der Waals surface area contributed by atoms with Crippen LogP contribution in [0, 0.1) is 5.92 Å². The number of ether oxygens (including phenoxy) is 1. The lowest BCUT2D eigenvalue weighted by molar-refractivity contribution is 0.0478. The summed E-state index contributed by atoms with van der Waals surface area (Å²) in [6.45, 7) is 1.48. The Labute approximate surface area is 136 Å². The predicted molar refractivity (Wildman–Crippen MR) is 88.2 cm³/mol. The summed E-state index contributed by atoms with van der Waals surface area (Å²) < 4.78 is 7.73. The third-order valence-electron chi connectivity index (χ3n) is 4.74. The Hall–Kier alpha value is -2.10. The molecule has 0 spiro atoms. The molecule has 4 heteroatoms. The summed E-state index contributed by atoms with van der Waals surface area (Å²) in [6, 6.07) is 10.1. The van der Waals surface area contributed by atoms with Crippen LogP contribution in [0.15, 0.2) is 30.3 Å². The lowest BCUT2D eigenvalue weighted by Gasteiger charge is -2.08. The van der Waals surface area contributed by atoms with Gasteiger partial charge in [-0.3, -0.25) is 0 Å². The lowest BCUT2D eigenvalue weighted by atomic mass is 10.1. The zero-order valence-electron chi connectivity index (χ0n) is 13.3. The quantitative estimate of drug-likeness (QED) is 0.806. The second-order valence-electron chi connectivity index (χ2n) is 6.60. The van der Waals surface area contributed by atoms with Gasteiger partial charge in [0.1, 0.15) is 5.82 Å². The molecule has 0 N–H and O–H groups in total. The van der Waals surface area contributed by atoms with Gasteiger partial charge in [-0.15, -0.1) is 0 Å². The van der Waals surface area contributed by atoms with Gasteiger partial charge < -0.3 is 9.30 Å². The molecular weight excluding hydrogens is 288 g/mol. The van der Waals surface area contributed by atoms with Crippen LogP contribution in [-0.4, -0.2) is 22.1 Å². The predicted octanol–water partition coefficient (Wildman–Crippen LogP) is 3.84. The average molecular weight is 310 g/mol. The third-order valence-corrected chi connectivity index (χ3v) is 4.74. The second kappa shape index (κ2) is 6.19. The van der Waals surface area contributed by atoms with Crippen molar-refractivity contribution in [2.24, 2.45) is 5.92 Å². The zero-order valence-corrected chi connectivity index (χ0v) is 13.3. The van der Waals surface area contributed by atoms with Crippen LogP contribution in [0.25, 0.3) is 11.4 Å². The van der Waals surface area contributed by atoms with E-state index in [1.807, 2.05) is 18.2 Å². The molecule has 0 saturated heterocycles. The van der Waals surface area contributed by atoms with Crippen molar-refractivity contribution in [2.75, 3.05) is 6.61 Å². The molecule has 1 fully saturated rings. The van der Waals surface area contributed by atoms with E-state index < -0.39 is 0 Å². The van der Waals surface area contributed by atoms with Crippen LogP contribution >= 0.6 is 0 Å². The van der Waals surface area contributed by atoms with E-state index in [4.69, 9.17) is 9.72 Å². The highest BCUT2D eigenvalue weighted by molar-refractivity contribution is 5.89. The molecule has 1 aliphatic carbocycles. The molecule has 1 aromatic carbocycles. The molecule has 120 valence electrons. The van der Waals surface area contributed by atoms with Gasteiger partial charge in [0.05, 0.1) is 12.3 Å². The van der Waals surface area contributed by atoms with Gasteiger partial charge in [0.2, 0.25) is 0 Å². The van der Waals surface area contributed by atoms with Crippen LogP contribution in [-0.2, 0) is 17.7 Å². The number of nitrogens with zero attached hydrogens (tertiary/aromatic N) is 2. The van der Waals surface area contributed by atoms with E-state index in [1.165, 1.54) is 19.3 Å². The first kappa shape index (κ1) is 14.5.